The van der Waals surface area contributed by atoms with E-state index in [0.717, 1.165) is 0 Å². The third-order valence-corrected chi connectivity index (χ3v) is 3.55. The van der Waals surface area contributed by atoms with Crippen molar-refractivity contribution in [2.45, 2.75) is 6.54 Å². The molecule has 0 spiro atoms. The van der Waals surface area contributed by atoms with Crippen LogP contribution in [0.15, 0.2) is 57.7 Å². The van der Waals surface area contributed by atoms with E-state index in [1.807, 2.05) is 0 Å². The summed E-state index contributed by atoms with van der Waals surface area (Å²) in [5, 5.41) is 0.502. The van der Waals surface area contributed by atoms with E-state index in [4.69, 9.17) is 16.0 Å². The molecule has 2 N–H and O–H groups in total. The number of para-hydroxylation sites is 2. The number of rotatable bonds is 3. The monoisotopic (exact) mass is 345 g/mol. The van der Waals surface area contributed by atoms with Crippen molar-refractivity contribution in [1.82, 2.24) is 15.4 Å². The first-order valence-electron chi connectivity index (χ1n) is 6.98. The van der Waals surface area contributed by atoms with Gasteiger partial charge in [-0.25, -0.2) is 4.79 Å². The molecular weight excluding hydrogens is 334 g/mol. The van der Waals surface area contributed by atoms with Crippen LogP contribution in [0.25, 0.3) is 11.1 Å². The van der Waals surface area contributed by atoms with Gasteiger partial charge in [-0.3, -0.25) is 25.0 Å². The Morgan fingerprint density at radius 1 is 1.04 bits per heavy atom. The van der Waals surface area contributed by atoms with Gasteiger partial charge in [0.05, 0.1) is 5.52 Å². The molecule has 1 heterocycles. The number of aromatic nitrogens is 1. The number of carbonyl (C=O) groups is 2. The Morgan fingerprint density at radius 2 is 1.75 bits per heavy atom. The molecule has 24 heavy (non-hydrogen) atoms. The van der Waals surface area contributed by atoms with Crippen LogP contribution in [-0.2, 0) is 11.3 Å². The zero-order valence-electron chi connectivity index (χ0n) is 12.3. The van der Waals surface area contributed by atoms with Crippen LogP contribution in [0.5, 0.6) is 0 Å². The van der Waals surface area contributed by atoms with Crippen LogP contribution in [0.1, 0.15) is 10.4 Å². The minimum absolute atomic E-state index is 0.281. The highest BCUT2D eigenvalue weighted by molar-refractivity contribution is 6.30. The van der Waals surface area contributed by atoms with Gasteiger partial charge in [0, 0.05) is 10.6 Å². The first-order valence-corrected chi connectivity index (χ1v) is 7.35. The average molecular weight is 346 g/mol. The Kier molecular flexibility index (Phi) is 4.35. The maximum Gasteiger partial charge on any atom is 0.420 e. The minimum atomic E-state index is -0.643. The van der Waals surface area contributed by atoms with Crippen LogP contribution in [-0.4, -0.2) is 16.4 Å². The second-order valence-electron chi connectivity index (χ2n) is 4.93. The summed E-state index contributed by atoms with van der Waals surface area (Å²) >= 11 is 5.74. The van der Waals surface area contributed by atoms with Crippen molar-refractivity contribution in [3.05, 3.63) is 69.7 Å². The van der Waals surface area contributed by atoms with Crippen molar-refractivity contribution in [2.75, 3.05) is 0 Å². The van der Waals surface area contributed by atoms with Crippen molar-refractivity contribution in [3.8, 4) is 0 Å². The largest absolute Gasteiger partial charge is 0.420 e. The van der Waals surface area contributed by atoms with Gasteiger partial charge in [0.2, 0.25) is 0 Å². The number of nitrogens with zero attached hydrogens (tertiary/aromatic N) is 1. The minimum Gasteiger partial charge on any atom is -0.408 e. The first-order chi connectivity index (χ1) is 11.5. The second kappa shape index (κ2) is 6.59. The molecule has 0 bridgehead atoms. The molecule has 1 aromatic heterocycles. The number of hydrogen-bond acceptors (Lipinski definition) is 4. The smallest absolute Gasteiger partial charge is 0.408 e. The van der Waals surface area contributed by atoms with Crippen LogP contribution >= 0.6 is 11.6 Å². The number of oxazole rings is 1. The van der Waals surface area contributed by atoms with E-state index in [1.54, 1.807) is 36.4 Å². The third-order valence-electron chi connectivity index (χ3n) is 3.30. The van der Waals surface area contributed by atoms with E-state index in [0.29, 0.717) is 21.7 Å². The van der Waals surface area contributed by atoms with Gasteiger partial charge in [0.15, 0.2) is 5.58 Å². The van der Waals surface area contributed by atoms with Gasteiger partial charge < -0.3 is 4.42 Å². The van der Waals surface area contributed by atoms with Gasteiger partial charge in [-0.1, -0.05) is 23.7 Å². The molecule has 3 rings (SSSR count). The SMILES string of the molecule is O=C(Cn1c(=O)oc2ccccc21)NNC(=O)c1ccc(Cl)cc1. The van der Waals surface area contributed by atoms with Gasteiger partial charge in [-0.15, -0.1) is 0 Å². The van der Waals surface area contributed by atoms with E-state index >= 15 is 0 Å². The van der Waals surface area contributed by atoms with Crippen molar-refractivity contribution < 1.29 is 14.0 Å². The maximum absolute atomic E-state index is 11.9. The van der Waals surface area contributed by atoms with E-state index < -0.39 is 17.6 Å². The lowest BCUT2D eigenvalue weighted by Gasteiger charge is -2.07. The molecule has 0 fully saturated rings. The Balaban J connectivity index is 1.65. The van der Waals surface area contributed by atoms with Crippen LogP contribution in [0.4, 0.5) is 0 Å². The lowest BCUT2D eigenvalue weighted by Crippen LogP contribution is -2.43. The molecule has 7 nitrogen and oxygen atoms in total. The van der Waals surface area contributed by atoms with E-state index in [2.05, 4.69) is 10.9 Å². The molecule has 2 aromatic carbocycles. The van der Waals surface area contributed by atoms with Gasteiger partial charge in [-0.2, -0.15) is 0 Å². The summed E-state index contributed by atoms with van der Waals surface area (Å²) in [7, 11) is 0. The highest BCUT2D eigenvalue weighted by atomic mass is 35.5. The molecule has 2 amide bonds. The Morgan fingerprint density at radius 3 is 2.50 bits per heavy atom. The number of fused-ring (bicyclic) bond motifs is 1. The molecule has 0 saturated carbocycles. The molecule has 8 heteroatoms. The van der Waals surface area contributed by atoms with Crippen LogP contribution in [0, 0.1) is 0 Å². The number of carbonyl (C=O) groups excluding carboxylic acids is 2. The predicted molar refractivity (Wildman–Crippen MR) is 87.5 cm³/mol. The molecule has 3 aromatic rings. The lowest BCUT2D eigenvalue weighted by atomic mass is 10.2. The molecule has 0 saturated heterocycles. The van der Waals surface area contributed by atoms with E-state index in [9.17, 15) is 14.4 Å². The number of nitrogens with one attached hydrogen (secondary N) is 2. The number of benzene rings is 2. The third kappa shape index (κ3) is 3.31. The fourth-order valence-corrected chi connectivity index (χ4v) is 2.27. The number of halogens is 1. The maximum atomic E-state index is 11.9. The topological polar surface area (TPSA) is 93.3 Å². The zero-order chi connectivity index (χ0) is 17.1. The lowest BCUT2D eigenvalue weighted by molar-refractivity contribution is -0.122. The number of amides is 2. The molecule has 0 aliphatic heterocycles. The molecule has 0 radical (unpaired) electrons. The summed E-state index contributed by atoms with van der Waals surface area (Å²) in [6.07, 6.45) is 0. The van der Waals surface area contributed by atoms with Crippen molar-refractivity contribution in [2.24, 2.45) is 0 Å². The highest BCUT2D eigenvalue weighted by Crippen LogP contribution is 2.11. The van der Waals surface area contributed by atoms with Crippen molar-refractivity contribution in [1.29, 1.82) is 0 Å². The van der Waals surface area contributed by atoms with E-state index in [-0.39, 0.29) is 6.54 Å². The summed E-state index contributed by atoms with van der Waals surface area (Å²) < 4.78 is 6.21. The molecule has 0 aliphatic rings. The molecule has 0 unspecified atom stereocenters. The summed E-state index contributed by atoms with van der Waals surface area (Å²) in [6, 6.07) is 12.9. The van der Waals surface area contributed by atoms with Gasteiger partial charge >= 0.3 is 5.76 Å². The molecule has 0 aliphatic carbocycles. The Bertz CT molecular complexity index is 959. The van der Waals surface area contributed by atoms with Crippen LogP contribution < -0.4 is 16.6 Å². The van der Waals surface area contributed by atoms with E-state index in [1.165, 1.54) is 16.7 Å². The standard InChI is InChI=1S/C16H12ClN3O4/c17-11-7-5-10(6-8-11)15(22)19-18-14(21)9-20-12-3-1-2-4-13(12)24-16(20)23/h1-8H,9H2,(H,18,21)(H,19,22). The summed E-state index contributed by atoms with van der Waals surface area (Å²) in [5.41, 5.74) is 5.75. The van der Waals surface area contributed by atoms with Crippen molar-refractivity contribution in [3.63, 3.8) is 0 Å². The van der Waals surface area contributed by atoms with Gasteiger partial charge in [-0.05, 0) is 36.4 Å². The van der Waals surface area contributed by atoms with Gasteiger partial charge in [0.1, 0.15) is 6.54 Å². The Labute approximate surface area is 140 Å². The first kappa shape index (κ1) is 15.8. The molecule has 122 valence electrons. The molecule has 0 atom stereocenters. The second-order valence-corrected chi connectivity index (χ2v) is 5.37. The normalized spacial score (nSPS) is 10.5. The fourth-order valence-electron chi connectivity index (χ4n) is 2.15. The number of hydrazine groups is 1. The highest BCUT2D eigenvalue weighted by Gasteiger charge is 2.13. The van der Waals surface area contributed by atoms with Crippen LogP contribution in [0.3, 0.4) is 0 Å². The Hall–Kier alpha value is -3.06. The average Bonchev–Trinajstić information content (AvgIpc) is 2.89. The summed E-state index contributed by atoms with van der Waals surface area (Å²) in [5.74, 6) is -1.70. The quantitative estimate of drug-likeness (QED) is 0.707. The summed E-state index contributed by atoms with van der Waals surface area (Å²) in [4.78, 5) is 35.6. The van der Waals surface area contributed by atoms with Crippen LogP contribution in [0.2, 0.25) is 5.02 Å². The fraction of sp³-hybridized carbons (Fsp3) is 0.0625. The zero-order valence-corrected chi connectivity index (χ0v) is 13.0. The van der Waals surface area contributed by atoms with Gasteiger partial charge in [0.25, 0.3) is 11.8 Å². The molecular formula is C16H12ClN3O4. The van der Waals surface area contributed by atoms with Crippen molar-refractivity contribution >= 4 is 34.5 Å². The summed E-state index contributed by atoms with van der Waals surface area (Å²) in [6.45, 7) is -0.281. The predicted octanol–water partition coefficient (Wildman–Crippen LogP) is 1.71. The number of hydrogen-bond donors (Lipinski definition) is 2.